The molecule has 1 nitrogen and oxygen atoms in total. The van der Waals surface area contributed by atoms with Gasteiger partial charge in [0.1, 0.15) is 5.54 Å². The van der Waals surface area contributed by atoms with E-state index >= 15 is 0 Å². The lowest BCUT2D eigenvalue weighted by Gasteiger charge is -2.23. The number of benzene rings is 1. The maximum Gasteiger partial charge on any atom is 0.406 e. The van der Waals surface area contributed by atoms with Gasteiger partial charge in [-0.05, 0) is 24.3 Å². The molecule has 0 bridgehead atoms. The van der Waals surface area contributed by atoms with Crippen LogP contribution in [0.2, 0.25) is 0 Å². The van der Waals surface area contributed by atoms with Crippen molar-refractivity contribution >= 4 is 0 Å². The summed E-state index contributed by atoms with van der Waals surface area (Å²) in [5.74, 6) is 0.0935. The number of hydrogen-bond acceptors (Lipinski definition) is 1. The third-order valence-corrected chi connectivity index (χ3v) is 3.41. The van der Waals surface area contributed by atoms with Crippen LogP contribution in [0.25, 0.3) is 0 Å². The summed E-state index contributed by atoms with van der Waals surface area (Å²) in [5.41, 5.74) is -0.534. The second-order valence-corrected chi connectivity index (χ2v) is 4.77. The van der Waals surface area contributed by atoms with Gasteiger partial charge in [0.15, 0.2) is 0 Å². The van der Waals surface area contributed by atoms with Crippen LogP contribution >= 0.6 is 0 Å². The van der Waals surface area contributed by atoms with E-state index in [2.05, 4.69) is 5.32 Å². The highest BCUT2D eigenvalue weighted by atomic mass is 19.4. The van der Waals surface area contributed by atoms with Gasteiger partial charge in [-0.2, -0.15) is 13.2 Å². The zero-order valence-corrected chi connectivity index (χ0v) is 9.72. The normalized spacial score (nSPS) is 20.0. The van der Waals surface area contributed by atoms with Gasteiger partial charge in [-0.15, -0.1) is 0 Å². The molecule has 1 aliphatic rings. The second-order valence-electron chi connectivity index (χ2n) is 4.77. The van der Waals surface area contributed by atoms with Crippen LogP contribution in [0.3, 0.4) is 0 Å². The molecule has 1 aromatic rings. The van der Waals surface area contributed by atoms with Crippen molar-refractivity contribution in [1.82, 2.24) is 5.32 Å². The Kier molecular flexibility index (Phi) is 3.17. The Hall–Kier alpha value is -1.03. The minimum atomic E-state index is -4.12. The SMILES string of the molecule is CC(CNC1(C(F)(F)F)CC1)c1ccccc1. The molecule has 1 fully saturated rings. The third kappa shape index (κ3) is 2.63. The molecule has 0 saturated heterocycles. The summed E-state index contributed by atoms with van der Waals surface area (Å²) in [6, 6.07) is 9.60. The van der Waals surface area contributed by atoms with Crippen LogP contribution in [0, 0.1) is 0 Å². The topological polar surface area (TPSA) is 12.0 Å². The molecule has 1 unspecified atom stereocenters. The average Bonchev–Trinajstić information content (AvgIpc) is 3.07. The summed E-state index contributed by atoms with van der Waals surface area (Å²) in [4.78, 5) is 0. The molecule has 4 heteroatoms. The second kappa shape index (κ2) is 4.33. The Labute approximate surface area is 99.0 Å². The molecule has 1 atom stereocenters. The Balaban J connectivity index is 1.91. The maximum absolute atomic E-state index is 12.7. The van der Waals surface area contributed by atoms with Gasteiger partial charge in [-0.25, -0.2) is 0 Å². The van der Waals surface area contributed by atoms with E-state index in [9.17, 15) is 13.2 Å². The van der Waals surface area contributed by atoms with E-state index < -0.39 is 11.7 Å². The van der Waals surface area contributed by atoms with E-state index in [1.165, 1.54) is 0 Å². The quantitative estimate of drug-likeness (QED) is 0.853. The fourth-order valence-electron chi connectivity index (χ4n) is 1.93. The van der Waals surface area contributed by atoms with Gasteiger partial charge in [-0.1, -0.05) is 37.3 Å². The van der Waals surface area contributed by atoms with E-state index in [0.717, 1.165) is 5.56 Å². The highest BCUT2D eigenvalue weighted by Crippen LogP contribution is 2.49. The highest BCUT2D eigenvalue weighted by molar-refractivity contribution is 5.19. The van der Waals surface area contributed by atoms with E-state index in [1.54, 1.807) is 0 Å². The number of rotatable bonds is 4. The summed E-state index contributed by atoms with van der Waals surface area (Å²) >= 11 is 0. The molecule has 0 spiro atoms. The van der Waals surface area contributed by atoms with Crippen LogP contribution in [0.5, 0.6) is 0 Å². The molecule has 94 valence electrons. The van der Waals surface area contributed by atoms with Crippen molar-refractivity contribution in [2.24, 2.45) is 0 Å². The van der Waals surface area contributed by atoms with Crippen LogP contribution < -0.4 is 5.32 Å². The highest BCUT2D eigenvalue weighted by Gasteiger charge is 2.62. The fraction of sp³-hybridized carbons (Fsp3) is 0.538. The van der Waals surface area contributed by atoms with Gasteiger partial charge in [0.05, 0.1) is 0 Å². The smallest absolute Gasteiger partial charge is 0.303 e. The van der Waals surface area contributed by atoms with Crippen LogP contribution in [0.1, 0.15) is 31.2 Å². The van der Waals surface area contributed by atoms with Crippen molar-refractivity contribution in [2.45, 2.75) is 37.4 Å². The lowest BCUT2D eigenvalue weighted by molar-refractivity contribution is -0.165. The molecule has 1 aliphatic carbocycles. The first kappa shape index (κ1) is 12.4. The van der Waals surface area contributed by atoms with Crippen molar-refractivity contribution < 1.29 is 13.2 Å². The monoisotopic (exact) mass is 243 g/mol. The van der Waals surface area contributed by atoms with Crippen LogP contribution in [0.15, 0.2) is 30.3 Å². The van der Waals surface area contributed by atoms with Crippen LogP contribution in [-0.2, 0) is 0 Å². The zero-order chi connectivity index (χ0) is 12.5. The standard InChI is InChI=1S/C13H16F3N/c1-10(11-5-3-2-4-6-11)9-17-12(7-8-12)13(14,15)16/h2-6,10,17H,7-9H2,1H3. The zero-order valence-electron chi connectivity index (χ0n) is 9.72. The largest absolute Gasteiger partial charge is 0.406 e. The van der Waals surface area contributed by atoms with Crippen molar-refractivity contribution in [3.8, 4) is 0 Å². The summed E-state index contributed by atoms with van der Waals surface area (Å²) < 4.78 is 38.1. The maximum atomic E-state index is 12.7. The van der Waals surface area contributed by atoms with Crippen LogP contribution in [0.4, 0.5) is 13.2 Å². The molecule has 0 aliphatic heterocycles. The predicted molar refractivity (Wildman–Crippen MR) is 60.9 cm³/mol. The van der Waals surface area contributed by atoms with Gasteiger partial charge in [0.25, 0.3) is 0 Å². The van der Waals surface area contributed by atoms with Gasteiger partial charge in [-0.3, -0.25) is 0 Å². The number of halogens is 3. The third-order valence-electron chi connectivity index (χ3n) is 3.41. The molecule has 0 aromatic heterocycles. The molecule has 0 radical (unpaired) electrons. The van der Waals surface area contributed by atoms with Crippen LogP contribution in [-0.4, -0.2) is 18.3 Å². The van der Waals surface area contributed by atoms with Gasteiger partial charge < -0.3 is 5.32 Å². The Morgan fingerprint density at radius 1 is 1.24 bits per heavy atom. The molecule has 17 heavy (non-hydrogen) atoms. The Morgan fingerprint density at radius 2 is 1.82 bits per heavy atom. The van der Waals surface area contributed by atoms with Gasteiger partial charge in [0, 0.05) is 6.54 Å². The first-order valence-corrected chi connectivity index (χ1v) is 5.81. The van der Waals surface area contributed by atoms with Gasteiger partial charge >= 0.3 is 6.18 Å². The fourth-order valence-corrected chi connectivity index (χ4v) is 1.93. The molecule has 2 rings (SSSR count). The lowest BCUT2D eigenvalue weighted by atomic mass is 10.0. The lowest BCUT2D eigenvalue weighted by Crippen LogP contribution is -2.46. The van der Waals surface area contributed by atoms with Crippen molar-refractivity contribution in [3.63, 3.8) is 0 Å². The molecule has 1 saturated carbocycles. The molecule has 0 heterocycles. The molecule has 0 amide bonds. The van der Waals surface area contributed by atoms with Gasteiger partial charge in [0.2, 0.25) is 0 Å². The molecule has 1 aromatic carbocycles. The van der Waals surface area contributed by atoms with Crippen molar-refractivity contribution in [2.75, 3.05) is 6.54 Å². The Morgan fingerprint density at radius 3 is 2.29 bits per heavy atom. The number of hydrogen-bond donors (Lipinski definition) is 1. The predicted octanol–water partition coefficient (Wildman–Crippen LogP) is 3.47. The summed E-state index contributed by atoms with van der Waals surface area (Å²) in [6.07, 6.45) is -3.71. The number of nitrogens with one attached hydrogen (secondary N) is 1. The Bertz CT molecular complexity index is 368. The number of alkyl halides is 3. The minimum Gasteiger partial charge on any atom is -0.303 e. The van der Waals surface area contributed by atoms with E-state index in [0.29, 0.717) is 6.54 Å². The van der Waals surface area contributed by atoms with E-state index in [4.69, 9.17) is 0 Å². The van der Waals surface area contributed by atoms with E-state index in [-0.39, 0.29) is 18.8 Å². The van der Waals surface area contributed by atoms with E-state index in [1.807, 2.05) is 37.3 Å². The molecular formula is C13H16F3N. The van der Waals surface area contributed by atoms with Crippen molar-refractivity contribution in [3.05, 3.63) is 35.9 Å². The molecular weight excluding hydrogens is 227 g/mol. The van der Waals surface area contributed by atoms with Crippen molar-refractivity contribution in [1.29, 1.82) is 0 Å². The summed E-state index contributed by atoms with van der Waals surface area (Å²) in [6.45, 7) is 2.30. The average molecular weight is 243 g/mol. The molecule has 1 N–H and O–H groups in total. The summed E-state index contributed by atoms with van der Waals surface area (Å²) in [5, 5.41) is 2.68. The first-order chi connectivity index (χ1) is 7.95. The first-order valence-electron chi connectivity index (χ1n) is 5.81. The summed E-state index contributed by atoms with van der Waals surface area (Å²) in [7, 11) is 0. The minimum absolute atomic E-state index is 0.0935.